The van der Waals surface area contributed by atoms with Crippen molar-refractivity contribution in [1.29, 1.82) is 0 Å². The highest BCUT2D eigenvalue weighted by atomic mass is 35.5. The highest BCUT2D eigenvalue weighted by Crippen LogP contribution is 2.46. The number of allylic oxidation sites excluding steroid dienone is 1. The van der Waals surface area contributed by atoms with Crippen LogP contribution in [0, 0.1) is 12.8 Å². The predicted octanol–water partition coefficient (Wildman–Crippen LogP) is 7.05. The van der Waals surface area contributed by atoms with Crippen molar-refractivity contribution in [3.63, 3.8) is 0 Å². The summed E-state index contributed by atoms with van der Waals surface area (Å²) in [5.41, 5.74) is 8.04. The molecule has 2 N–H and O–H groups in total. The molecule has 7 rings (SSSR count). The second-order valence-electron chi connectivity index (χ2n) is 13.2. The third-order valence-electron chi connectivity index (χ3n) is 9.93. The molecule has 1 aliphatic carbocycles. The number of nitrogens with zero attached hydrogens (tertiary/aromatic N) is 1. The monoisotopic (exact) mass is 736 g/mol. The Balaban J connectivity index is 1.15. The average Bonchev–Trinajstić information content (AvgIpc) is 3.65. The number of rotatable bonds is 14. The maximum atomic E-state index is 14.0. The van der Waals surface area contributed by atoms with E-state index in [9.17, 15) is 14.4 Å². The number of nitrogens with one attached hydrogen (secondary N) is 1. The van der Waals surface area contributed by atoms with Gasteiger partial charge < -0.3 is 29.4 Å². The van der Waals surface area contributed by atoms with Gasteiger partial charge in [-0.3, -0.25) is 14.4 Å². The summed E-state index contributed by atoms with van der Waals surface area (Å²) in [6, 6.07) is 24.4. The lowest BCUT2D eigenvalue weighted by molar-refractivity contribution is -0.166. The summed E-state index contributed by atoms with van der Waals surface area (Å²) in [7, 11) is 0. The maximum absolute atomic E-state index is 14.0. The van der Waals surface area contributed by atoms with Crippen molar-refractivity contribution in [3.8, 4) is 11.1 Å². The van der Waals surface area contributed by atoms with E-state index in [2.05, 4.69) is 47.8 Å². The summed E-state index contributed by atoms with van der Waals surface area (Å²) < 4.78 is 23.8. The SMILES string of the molecule is CCOC1OC(C(=O)Nc2ccc(N3C(=O)c4ccc(Cl)cc4C3=O)c(C)c2)=CC(c2cccc3c2Cc2ccccc2-3)C1CCOCCOCCO. The van der Waals surface area contributed by atoms with E-state index >= 15 is 0 Å². The molecule has 0 fully saturated rings. The Hall–Kier alpha value is -4.84. The van der Waals surface area contributed by atoms with Gasteiger partial charge in [-0.2, -0.15) is 0 Å². The molecular weight excluding hydrogens is 696 g/mol. The lowest BCUT2D eigenvalue weighted by atomic mass is 9.78. The lowest BCUT2D eigenvalue weighted by Crippen LogP contribution is -2.38. The van der Waals surface area contributed by atoms with Crippen LogP contribution in [0.5, 0.6) is 0 Å². The van der Waals surface area contributed by atoms with Gasteiger partial charge in [0.25, 0.3) is 17.7 Å². The molecule has 0 saturated carbocycles. The van der Waals surface area contributed by atoms with Crippen molar-refractivity contribution < 1.29 is 38.4 Å². The molecule has 0 radical (unpaired) electrons. The Kier molecular flexibility index (Phi) is 11.0. The molecule has 2 aliphatic heterocycles. The number of carbonyl (C=O) groups excluding carboxylic acids is 3. The number of aryl methyl sites for hydroxylation is 1. The molecule has 3 amide bonds. The van der Waals surface area contributed by atoms with Crippen LogP contribution in [-0.4, -0.2) is 68.8 Å². The van der Waals surface area contributed by atoms with Gasteiger partial charge in [-0.15, -0.1) is 0 Å². The zero-order valence-corrected chi connectivity index (χ0v) is 30.4. The summed E-state index contributed by atoms with van der Waals surface area (Å²) >= 11 is 6.10. The molecule has 3 unspecified atom stereocenters. The van der Waals surface area contributed by atoms with E-state index in [1.54, 1.807) is 37.3 Å². The molecule has 274 valence electrons. The largest absolute Gasteiger partial charge is 0.459 e. The first-order valence-electron chi connectivity index (χ1n) is 17.9. The minimum atomic E-state index is -0.726. The van der Waals surface area contributed by atoms with Gasteiger partial charge in [-0.1, -0.05) is 54.1 Å². The topological polar surface area (TPSA) is 124 Å². The number of hydrogen-bond donors (Lipinski definition) is 2. The minimum absolute atomic E-state index is 0.0402. The zero-order valence-electron chi connectivity index (χ0n) is 29.6. The number of halogens is 1. The smallest absolute Gasteiger partial charge is 0.290 e. The quantitative estimate of drug-likeness (QED) is 0.0919. The number of hydrogen-bond acceptors (Lipinski definition) is 8. The van der Waals surface area contributed by atoms with E-state index in [-0.39, 0.29) is 36.4 Å². The molecule has 10 nitrogen and oxygen atoms in total. The fourth-order valence-corrected chi connectivity index (χ4v) is 7.68. The molecular formula is C42H41ClN2O8. The third-order valence-corrected chi connectivity index (χ3v) is 10.2. The molecule has 0 bridgehead atoms. The van der Waals surface area contributed by atoms with Crippen molar-refractivity contribution in [1.82, 2.24) is 0 Å². The molecule has 4 aromatic carbocycles. The van der Waals surface area contributed by atoms with Crippen LogP contribution in [0.2, 0.25) is 5.02 Å². The number of aliphatic hydroxyl groups excluding tert-OH is 1. The molecule has 2 heterocycles. The van der Waals surface area contributed by atoms with Crippen LogP contribution in [-0.2, 0) is 30.2 Å². The van der Waals surface area contributed by atoms with Gasteiger partial charge in [0.1, 0.15) is 0 Å². The van der Waals surface area contributed by atoms with Crippen molar-refractivity contribution in [2.24, 2.45) is 5.92 Å². The number of imide groups is 1. The Bertz CT molecular complexity index is 2080. The molecule has 0 saturated heterocycles. The Morgan fingerprint density at radius 1 is 0.906 bits per heavy atom. The summed E-state index contributed by atoms with van der Waals surface area (Å²) in [5.74, 6) is -1.60. The van der Waals surface area contributed by atoms with Crippen molar-refractivity contribution >= 4 is 40.7 Å². The molecule has 3 aliphatic rings. The van der Waals surface area contributed by atoms with Gasteiger partial charge in [-0.05, 0) is 103 Å². The highest BCUT2D eigenvalue weighted by molar-refractivity contribution is 6.37. The number of benzene rings is 4. The van der Waals surface area contributed by atoms with Crippen LogP contribution >= 0.6 is 11.6 Å². The van der Waals surface area contributed by atoms with Gasteiger partial charge in [0.15, 0.2) is 5.76 Å². The Labute approximate surface area is 313 Å². The Morgan fingerprint density at radius 2 is 1.68 bits per heavy atom. The van der Waals surface area contributed by atoms with Gasteiger partial charge in [-0.25, -0.2) is 4.90 Å². The molecule has 3 atom stereocenters. The van der Waals surface area contributed by atoms with E-state index in [4.69, 9.17) is 35.7 Å². The van der Waals surface area contributed by atoms with Crippen LogP contribution in [0.25, 0.3) is 11.1 Å². The molecule has 4 aromatic rings. The summed E-state index contributed by atoms with van der Waals surface area (Å²) in [6.45, 7) is 5.46. The maximum Gasteiger partial charge on any atom is 0.290 e. The summed E-state index contributed by atoms with van der Waals surface area (Å²) in [6.07, 6.45) is 2.55. The zero-order chi connectivity index (χ0) is 37.1. The van der Waals surface area contributed by atoms with Gasteiger partial charge in [0.05, 0.1) is 43.2 Å². The molecule has 0 aromatic heterocycles. The van der Waals surface area contributed by atoms with Crippen LogP contribution < -0.4 is 10.2 Å². The van der Waals surface area contributed by atoms with E-state index in [1.807, 2.05) is 13.0 Å². The van der Waals surface area contributed by atoms with Gasteiger partial charge >= 0.3 is 0 Å². The normalized spacial score (nSPS) is 18.7. The number of fused-ring (bicyclic) bond motifs is 4. The van der Waals surface area contributed by atoms with E-state index < -0.39 is 24.0 Å². The average molecular weight is 737 g/mol. The molecule has 53 heavy (non-hydrogen) atoms. The Morgan fingerprint density at radius 3 is 2.47 bits per heavy atom. The minimum Gasteiger partial charge on any atom is -0.459 e. The highest BCUT2D eigenvalue weighted by Gasteiger charge is 2.40. The van der Waals surface area contributed by atoms with Crippen LogP contribution in [0.1, 0.15) is 62.2 Å². The number of ether oxygens (including phenoxy) is 4. The second kappa shape index (κ2) is 16.0. The first kappa shape index (κ1) is 36.5. The molecule has 11 heteroatoms. The van der Waals surface area contributed by atoms with Crippen LogP contribution in [0.3, 0.4) is 0 Å². The fraction of sp³-hybridized carbons (Fsp3) is 0.310. The van der Waals surface area contributed by atoms with Crippen molar-refractivity contribution in [3.05, 3.63) is 129 Å². The number of aliphatic hydroxyl groups is 1. The first-order valence-corrected chi connectivity index (χ1v) is 18.2. The fourth-order valence-electron chi connectivity index (χ4n) is 7.50. The summed E-state index contributed by atoms with van der Waals surface area (Å²) in [5, 5.41) is 12.3. The number of amides is 3. The van der Waals surface area contributed by atoms with Gasteiger partial charge in [0.2, 0.25) is 6.29 Å². The standard InChI is InChI=1S/C42H41ClN2O8/c1-3-52-42-33(15-17-50-19-20-51-18-16-46)35(31-10-6-9-30-29-8-5-4-7-26(29)22-34(30)31)24-38(53-42)39(47)44-28-12-14-37(25(2)21-28)45-40(48)32-13-11-27(43)23-36(32)41(45)49/h4-14,21,23-24,33,35,42,46H,3,15-20,22H2,1-2H3,(H,44,47). The van der Waals surface area contributed by atoms with Crippen LogP contribution in [0.4, 0.5) is 11.4 Å². The third kappa shape index (κ3) is 7.38. The van der Waals surface area contributed by atoms with Gasteiger partial charge in [0, 0.05) is 35.8 Å². The molecule has 0 spiro atoms. The number of carbonyl (C=O) groups is 3. The lowest BCUT2D eigenvalue weighted by Gasteiger charge is -2.37. The second-order valence-corrected chi connectivity index (χ2v) is 13.6. The van der Waals surface area contributed by atoms with E-state index in [0.717, 1.165) is 16.9 Å². The van der Waals surface area contributed by atoms with Crippen LogP contribution in [0.15, 0.2) is 90.7 Å². The van der Waals surface area contributed by atoms with Crippen molar-refractivity contribution in [2.45, 2.75) is 38.9 Å². The number of anilines is 2. The van der Waals surface area contributed by atoms with Crippen molar-refractivity contribution in [2.75, 3.05) is 49.9 Å². The summed E-state index contributed by atoms with van der Waals surface area (Å²) in [4.78, 5) is 41.6. The van der Waals surface area contributed by atoms with E-state index in [1.165, 1.54) is 28.3 Å². The predicted molar refractivity (Wildman–Crippen MR) is 201 cm³/mol. The van der Waals surface area contributed by atoms with E-state index in [0.29, 0.717) is 60.4 Å². The first-order chi connectivity index (χ1) is 25.8.